The van der Waals surface area contributed by atoms with Crippen LogP contribution in [0.25, 0.3) is 0 Å². The van der Waals surface area contributed by atoms with Crippen LogP contribution in [0.4, 0.5) is 11.4 Å². The van der Waals surface area contributed by atoms with Crippen LogP contribution in [-0.2, 0) is 0 Å². The van der Waals surface area contributed by atoms with Crippen molar-refractivity contribution in [2.75, 3.05) is 24.2 Å². The molecular weight excluding hydrogens is 164 g/mol. The number of rotatable bonds is 0. The van der Waals surface area contributed by atoms with Crippen LogP contribution < -0.4 is 15.8 Å². The Morgan fingerprint density at radius 1 is 1.38 bits per heavy atom. The molecule has 0 saturated heterocycles. The van der Waals surface area contributed by atoms with E-state index >= 15 is 0 Å². The first-order valence-electron chi connectivity index (χ1n) is 4.46. The van der Waals surface area contributed by atoms with E-state index in [1.807, 2.05) is 6.92 Å². The molecule has 70 valence electrons. The van der Waals surface area contributed by atoms with Crippen LogP contribution >= 0.6 is 0 Å². The van der Waals surface area contributed by atoms with E-state index in [2.05, 4.69) is 18.3 Å². The third kappa shape index (κ3) is 1.20. The largest absolute Gasteiger partial charge is 0.487 e. The second kappa shape index (κ2) is 2.83. The van der Waals surface area contributed by atoms with Crippen molar-refractivity contribution < 1.29 is 4.74 Å². The van der Waals surface area contributed by atoms with E-state index in [1.165, 1.54) is 5.56 Å². The molecule has 0 atom stereocenters. The molecule has 0 saturated carbocycles. The van der Waals surface area contributed by atoms with E-state index in [4.69, 9.17) is 10.5 Å². The average molecular weight is 178 g/mol. The summed E-state index contributed by atoms with van der Waals surface area (Å²) in [5.74, 6) is 0.823. The number of nitrogens with two attached hydrogens (primary N) is 1. The third-order valence-electron chi connectivity index (χ3n) is 2.37. The van der Waals surface area contributed by atoms with Crippen LogP contribution in [0, 0.1) is 13.8 Å². The predicted octanol–water partition coefficient (Wildman–Crippen LogP) is 1.69. The molecule has 0 aromatic heterocycles. The van der Waals surface area contributed by atoms with Gasteiger partial charge in [0, 0.05) is 6.54 Å². The van der Waals surface area contributed by atoms with Crippen molar-refractivity contribution in [1.29, 1.82) is 0 Å². The van der Waals surface area contributed by atoms with Gasteiger partial charge in [-0.1, -0.05) is 6.07 Å². The van der Waals surface area contributed by atoms with Gasteiger partial charge in [0.15, 0.2) is 5.75 Å². The van der Waals surface area contributed by atoms with Gasteiger partial charge in [-0.2, -0.15) is 0 Å². The second-order valence-corrected chi connectivity index (χ2v) is 3.40. The first-order valence-corrected chi connectivity index (χ1v) is 4.46. The highest BCUT2D eigenvalue weighted by Gasteiger charge is 2.16. The summed E-state index contributed by atoms with van der Waals surface area (Å²) in [4.78, 5) is 0. The molecule has 1 aromatic carbocycles. The van der Waals surface area contributed by atoms with Crippen LogP contribution in [-0.4, -0.2) is 13.2 Å². The maximum atomic E-state index is 5.91. The summed E-state index contributed by atoms with van der Waals surface area (Å²) in [5.41, 5.74) is 9.99. The molecule has 1 aromatic rings. The van der Waals surface area contributed by atoms with E-state index in [-0.39, 0.29) is 0 Å². The van der Waals surface area contributed by atoms with Crippen molar-refractivity contribution in [2.45, 2.75) is 13.8 Å². The predicted molar refractivity (Wildman–Crippen MR) is 54.3 cm³/mol. The molecule has 13 heavy (non-hydrogen) atoms. The summed E-state index contributed by atoms with van der Waals surface area (Å²) < 4.78 is 5.53. The van der Waals surface area contributed by atoms with E-state index in [0.29, 0.717) is 6.61 Å². The molecule has 2 rings (SSSR count). The molecule has 1 heterocycles. The SMILES string of the molecule is Cc1cc(C)c2c(c1N)OCCN2. The Balaban J connectivity index is 2.63. The van der Waals surface area contributed by atoms with Crippen molar-refractivity contribution in [2.24, 2.45) is 0 Å². The first-order chi connectivity index (χ1) is 6.20. The number of nitrogen functional groups attached to an aromatic ring is 1. The molecule has 0 unspecified atom stereocenters. The Morgan fingerprint density at radius 3 is 2.92 bits per heavy atom. The number of ether oxygens (including phenoxy) is 1. The topological polar surface area (TPSA) is 47.3 Å². The van der Waals surface area contributed by atoms with Crippen LogP contribution in [0.2, 0.25) is 0 Å². The highest BCUT2D eigenvalue weighted by Crippen LogP contribution is 2.38. The molecular formula is C10H14N2O. The Labute approximate surface area is 77.9 Å². The Bertz CT molecular complexity index is 347. The van der Waals surface area contributed by atoms with Gasteiger partial charge in [-0.05, 0) is 25.0 Å². The van der Waals surface area contributed by atoms with Gasteiger partial charge in [-0.3, -0.25) is 0 Å². The second-order valence-electron chi connectivity index (χ2n) is 3.40. The lowest BCUT2D eigenvalue weighted by molar-refractivity contribution is 0.324. The van der Waals surface area contributed by atoms with E-state index in [9.17, 15) is 0 Å². The van der Waals surface area contributed by atoms with Crippen molar-refractivity contribution >= 4 is 11.4 Å². The number of benzene rings is 1. The van der Waals surface area contributed by atoms with Crippen LogP contribution in [0.3, 0.4) is 0 Å². The van der Waals surface area contributed by atoms with E-state index in [0.717, 1.165) is 29.2 Å². The first kappa shape index (κ1) is 8.23. The van der Waals surface area contributed by atoms with Gasteiger partial charge in [0.2, 0.25) is 0 Å². The van der Waals surface area contributed by atoms with Gasteiger partial charge in [0.1, 0.15) is 6.61 Å². The highest BCUT2D eigenvalue weighted by atomic mass is 16.5. The number of hydrogen-bond donors (Lipinski definition) is 2. The minimum absolute atomic E-state index is 0.695. The fourth-order valence-electron chi connectivity index (χ4n) is 1.67. The van der Waals surface area contributed by atoms with Crippen LogP contribution in [0.15, 0.2) is 6.07 Å². The highest BCUT2D eigenvalue weighted by molar-refractivity contribution is 5.76. The van der Waals surface area contributed by atoms with E-state index in [1.54, 1.807) is 0 Å². The molecule has 1 aliphatic heterocycles. The van der Waals surface area contributed by atoms with Crippen molar-refractivity contribution in [3.05, 3.63) is 17.2 Å². The molecule has 3 heteroatoms. The summed E-state index contributed by atoms with van der Waals surface area (Å²) in [5, 5.41) is 3.29. The summed E-state index contributed by atoms with van der Waals surface area (Å²) in [6.45, 7) is 5.62. The lowest BCUT2D eigenvalue weighted by Crippen LogP contribution is -2.20. The Kier molecular flexibility index (Phi) is 1.79. The Hall–Kier alpha value is -1.38. The molecule has 0 amide bonds. The minimum Gasteiger partial charge on any atom is -0.487 e. The fourth-order valence-corrected chi connectivity index (χ4v) is 1.67. The molecule has 0 radical (unpaired) electrons. The number of hydrogen-bond acceptors (Lipinski definition) is 3. The number of fused-ring (bicyclic) bond motifs is 1. The molecule has 1 aliphatic rings. The summed E-state index contributed by atoms with van der Waals surface area (Å²) in [6.07, 6.45) is 0. The molecule has 0 aliphatic carbocycles. The van der Waals surface area contributed by atoms with E-state index < -0.39 is 0 Å². The summed E-state index contributed by atoms with van der Waals surface area (Å²) in [6, 6.07) is 2.08. The molecule has 0 bridgehead atoms. The maximum absolute atomic E-state index is 5.91. The van der Waals surface area contributed by atoms with Gasteiger partial charge in [0.05, 0.1) is 11.4 Å². The smallest absolute Gasteiger partial charge is 0.165 e. The summed E-state index contributed by atoms with van der Waals surface area (Å²) >= 11 is 0. The zero-order valence-electron chi connectivity index (χ0n) is 7.98. The van der Waals surface area contributed by atoms with Gasteiger partial charge >= 0.3 is 0 Å². The van der Waals surface area contributed by atoms with Crippen LogP contribution in [0.1, 0.15) is 11.1 Å². The molecule has 3 N–H and O–H groups in total. The number of nitrogens with one attached hydrogen (secondary N) is 1. The zero-order valence-corrected chi connectivity index (χ0v) is 7.98. The van der Waals surface area contributed by atoms with Gasteiger partial charge < -0.3 is 15.8 Å². The normalized spacial score (nSPS) is 14.3. The Morgan fingerprint density at radius 2 is 2.15 bits per heavy atom. The number of aryl methyl sites for hydroxylation is 2. The fraction of sp³-hybridized carbons (Fsp3) is 0.400. The lowest BCUT2D eigenvalue weighted by Gasteiger charge is -2.23. The maximum Gasteiger partial charge on any atom is 0.165 e. The zero-order chi connectivity index (χ0) is 9.42. The van der Waals surface area contributed by atoms with Gasteiger partial charge in [-0.15, -0.1) is 0 Å². The monoisotopic (exact) mass is 178 g/mol. The molecule has 0 spiro atoms. The molecule has 3 nitrogen and oxygen atoms in total. The van der Waals surface area contributed by atoms with Crippen molar-refractivity contribution in [3.63, 3.8) is 0 Å². The molecule has 0 fully saturated rings. The van der Waals surface area contributed by atoms with Crippen molar-refractivity contribution in [1.82, 2.24) is 0 Å². The van der Waals surface area contributed by atoms with Gasteiger partial charge in [-0.25, -0.2) is 0 Å². The van der Waals surface area contributed by atoms with Gasteiger partial charge in [0.25, 0.3) is 0 Å². The average Bonchev–Trinajstić information content (AvgIpc) is 2.15. The van der Waals surface area contributed by atoms with Crippen LogP contribution in [0.5, 0.6) is 5.75 Å². The number of anilines is 2. The minimum atomic E-state index is 0.695. The summed E-state index contributed by atoms with van der Waals surface area (Å²) in [7, 11) is 0. The standard InChI is InChI=1S/C10H14N2O/c1-6-5-7(2)9-10(8(6)11)13-4-3-12-9/h5,12H,3-4,11H2,1-2H3. The quantitative estimate of drug-likeness (QED) is 0.594. The lowest BCUT2D eigenvalue weighted by atomic mass is 10.1. The van der Waals surface area contributed by atoms with Crippen molar-refractivity contribution in [3.8, 4) is 5.75 Å². The third-order valence-corrected chi connectivity index (χ3v) is 2.37.